The Labute approximate surface area is 135 Å². The van der Waals surface area contributed by atoms with E-state index in [9.17, 15) is 4.79 Å². The van der Waals surface area contributed by atoms with Crippen LogP contribution in [0.15, 0.2) is 12.3 Å². The number of nitrogens with two attached hydrogens (primary N) is 1. The van der Waals surface area contributed by atoms with Crippen LogP contribution < -0.4 is 11.1 Å². The Kier molecular flexibility index (Phi) is 4.22. The van der Waals surface area contributed by atoms with Crippen LogP contribution in [0.1, 0.15) is 35.8 Å². The summed E-state index contributed by atoms with van der Waals surface area (Å²) in [5.74, 6) is 0.939. The summed E-state index contributed by atoms with van der Waals surface area (Å²) < 4.78 is 2.09. The molecule has 2 aromatic heterocycles. The molecular weight excluding hydrogens is 294 g/mol. The van der Waals surface area contributed by atoms with E-state index in [4.69, 9.17) is 5.73 Å². The van der Waals surface area contributed by atoms with E-state index in [0.717, 1.165) is 43.7 Å². The molecule has 4 N–H and O–H groups in total. The van der Waals surface area contributed by atoms with Crippen molar-refractivity contribution in [2.24, 2.45) is 0 Å². The summed E-state index contributed by atoms with van der Waals surface area (Å²) in [5, 5.41) is 9.84. The van der Waals surface area contributed by atoms with Crippen molar-refractivity contribution in [3.8, 4) is 0 Å². The topological polar surface area (TPSA) is 105 Å². The van der Waals surface area contributed by atoms with Crippen LogP contribution in [0.5, 0.6) is 0 Å². The molecule has 23 heavy (non-hydrogen) atoms. The highest BCUT2D eigenvalue weighted by atomic mass is 16.2. The predicted molar refractivity (Wildman–Crippen MR) is 88.2 cm³/mol. The van der Waals surface area contributed by atoms with Gasteiger partial charge in [-0.1, -0.05) is 0 Å². The largest absolute Gasteiger partial charge is 0.368 e. The SMILES string of the molecule is CCn1ccc(C(=O)N2CCC(Nc3n[nH]c(N)n3)CC2)c1C. The van der Waals surface area contributed by atoms with Crippen molar-refractivity contribution < 1.29 is 4.79 Å². The summed E-state index contributed by atoms with van der Waals surface area (Å²) >= 11 is 0. The van der Waals surface area contributed by atoms with Crippen LogP contribution in [0.25, 0.3) is 0 Å². The first-order chi connectivity index (χ1) is 11.1. The van der Waals surface area contributed by atoms with Crippen molar-refractivity contribution in [3.63, 3.8) is 0 Å². The van der Waals surface area contributed by atoms with Crippen LogP contribution in [0.2, 0.25) is 0 Å². The second-order valence-electron chi connectivity index (χ2n) is 5.86. The van der Waals surface area contributed by atoms with E-state index in [1.807, 2.05) is 24.1 Å². The maximum Gasteiger partial charge on any atom is 0.255 e. The number of aryl methyl sites for hydroxylation is 1. The minimum atomic E-state index is 0.121. The molecule has 1 aliphatic heterocycles. The van der Waals surface area contributed by atoms with Gasteiger partial charge in [-0.2, -0.15) is 4.98 Å². The summed E-state index contributed by atoms with van der Waals surface area (Å²) in [4.78, 5) is 18.6. The third-order valence-corrected chi connectivity index (χ3v) is 4.43. The lowest BCUT2D eigenvalue weighted by Gasteiger charge is -2.32. The van der Waals surface area contributed by atoms with Gasteiger partial charge in [-0.05, 0) is 32.8 Å². The fourth-order valence-electron chi connectivity index (χ4n) is 3.04. The second kappa shape index (κ2) is 6.31. The number of hydrogen-bond donors (Lipinski definition) is 3. The average Bonchev–Trinajstić information content (AvgIpc) is 3.13. The highest BCUT2D eigenvalue weighted by Crippen LogP contribution is 2.19. The molecule has 0 atom stereocenters. The quantitative estimate of drug-likeness (QED) is 0.787. The Bertz CT molecular complexity index is 682. The number of amides is 1. The number of aromatic amines is 1. The van der Waals surface area contributed by atoms with Crippen LogP contribution >= 0.6 is 0 Å². The highest BCUT2D eigenvalue weighted by molar-refractivity contribution is 5.95. The van der Waals surface area contributed by atoms with Crippen molar-refractivity contribution in [2.75, 3.05) is 24.1 Å². The lowest BCUT2D eigenvalue weighted by molar-refractivity contribution is 0.0717. The molecule has 0 aliphatic carbocycles. The van der Waals surface area contributed by atoms with Crippen molar-refractivity contribution in [2.45, 2.75) is 39.3 Å². The van der Waals surface area contributed by atoms with Gasteiger partial charge in [0.05, 0.1) is 5.56 Å². The van der Waals surface area contributed by atoms with Crippen LogP contribution in [0, 0.1) is 6.92 Å². The van der Waals surface area contributed by atoms with Gasteiger partial charge in [0.1, 0.15) is 0 Å². The number of nitrogens with one attached hydrogen (secondary N) is 2. The number of anilines is 2. The zero-order valence-electron chi connectivity index (χ0n) is 13.5. The molecule has 0 unspecified atom stereocenters. The second-order valence-corrected chi connectivity index (χ2v) is 5.86. The van der Waals surface area contributed by atoms with E-state index >= 15 is 0 Å². The van der Waals surface area contributed by atoms with E-state index in [2.05, 4.69) is 32.0 Å². The van der Waals surface area contributed by atoms with Crippen molar-refractivity contribution in [3.05, 3.63) is 23.5 Å². The molecule has 0 spiro atoms. The molecule has 0 bridgehead atoms. The normalized spacial score (nSPS) is 15.8. The molecule has 2 aromatic rings. The Balaban J connectivity index is 1.57. The number of carbonyl (C=O) groups excluding carboxylic acids is 1. The smallest absolute Gasteiger partial charge is 0.255 e. The number of H-pyrrole nitrogens is 1. The fraction of sp³-hybridized carbons (Fsp3) is 0.533. The van der Waals surface area contributed by atoms with Gasteiger partial charge in [-0.3, -0.25) is 4.79 Å². The van der Waals surface area contributed by atoms with E-state index in [0.29, 0.717) is 11.9 Å². The first-order valence-corrected chi connectivity index (χ1v) is 7.98. The number of piperidine rings is 1. The van der Waals surface area contributed by atoms with Gasteiger partial charge in [0.2, 0.25) is 11.9 Å². The number of carbonyl (C=O) groups is 1. The van der Waals surface area contributed by atoms with Crippen LogP contribution in [-0.4, -0.2) is 49.7 Å². The Morgan fingerprint density at radius 2 is 2.22 bits per heavy atom. The number of hydrogen-bond acceptors (Lipinski definition) is 5. The van der Waals surface area contributed by atoms with Crippen LogP contribution in [0.4, 0.5) is 11.9 Å². The molecule has 3 rings (SSSR count). The summed E-state index contributed by atoms with van der Waals surface area (Å²) in [5.41, 5.74) is 7.36. The number of aromatic nitrogens is 4. The summed E-state index contributed by atoms with van der Waals surface area (Å²) in [6.07, 6.45) is 3.71. The first-order valence-electron chi connectivity index (χ1n) is 7.98. The Hall–Kier alpha value is -2.51. The van der Waals surface area contributed by atoms with E-state index in [1.54, 1.807) is 0 Å². The van der Waals surface area contributed by atoms with Gasteiger partial charge in [-0.15, -0.1) is 5.10 Å². The van der Waals surface area contributed by atoms with Gasteiger partial charge < -0.3 is 20.5 Å². The maximum absolute atomic E-state index is 12.7. The first kappa shape index (κ1) is 15.4. The van der Waals surface area contributed by atoms with Crippen molar-refractivity contribution in [1.82, 2.24) is 24.6 Å². The number of likely N-dealkylation sites (tertiary alicyclic amines) is 1. The average molecular weight is 317 g/mol. The molecule has 1 amide bonds. The molecule has 1 fully saturated rings. The van der Waals surface area contributed by atoms with Gasteiger partial charge in [0, 0.05) is 37.6 Å². The van der Waals surface area contributed by atoms with Crippen molar-refractivity contribution >= 4 is 17.8 Å². The van der Waals surface area contributed by atoms with Crippen LogP contribution in [-0.2, 0) is 6.54 Å². The summed E-state index contributed by atoms with van der Waals surface area (Å²) in [7, 11) is 0. The predicted octanol–water partition coefficient (Wildman–Crippen LogP) is 1.23. The van der Waals surface area contributed by atoms with Crippen LogP contribution in [0.3, 0.4) is 0 Å². The third-order valence-electron chi connectivity index (χ3n) is 4.43. The van der Waals surface area contributed by atoms with Crippen molar-refractivity contribution in [1.29, 1.82) is 0 Å². The number of nitrogen functional groups attached to an aromatic ring is 1. The van der Waals surface area contributed by atoms with E-state index in [1.165, 1.54) is 0 Å². The molecular formula is C15H23N7O. The third kappa shape index (κ3) is 3.15. The molecule has 0 saturated carbocycles. The zero-order chi connectivity index (χ0) is 16.4. The molecule has 3 heterocycles. The van der Waals surface area contributed by atoms with Gasteiger partial charge in [0.15, 0.2) is 0 Å². The maximum atomic E-state index is 12.7. The summed E-state index contributed by atoms with van der Waals surface area (Å²) in [6.45, 7) is 6.41. The Morgan fingerprint density at radius 1 is 1.48 bits per heavy atom. The lowest BCUT2D eigenvalue weighted by atomic mass is 10.0. The van der Waals surface area contributed by atoms with Gasteiger partial charge >= 0.3 is 0 Å². The standard InChI is InChI=1S/C15H23N7O/c1-3-21-9-6-12(10(21)2)13(23)22-7-4-11(5-8-22)17-15-18-14(16)19-20-15/h6,9,11H,3-5,7-8H2,1-2H3,(H4,16,17,18,19,20). The number of rotatable bonds is 4. The molecule has 8 nitrogen and oxygen atoms in total. The highest BCUT2D eigenvalue weighted by Gasteiger charge is 2.25. The minimum absolute atomic E-state index is 0.121. The summed E-state index contributed by atoms with van der Waals surface area (Å²) in [6, 6.07) is 2.18. The zero-order valence-corrected chi connectivity index (χ0v) is 13.5. The number of nitrogens with zero attached hydrogens (tertiary/aromatic N) is 4. The molecule has 1 aliphatic rings. The van der Waals surface area contributed by atoms with Gasteiger partial charge in [-0.25, -0.2) is 5.10 Å². The molecule has 8 heteroatoms. The molecule has 124 valence electrons. The van der Waals surface area contributed by atoms with E-state index < -0.39 is 0 Å². The Morgan fingerprint density at radius 3 is 2.78 bits per heavy atom. The van der Waals surface area contributed by atoms with Gasteiger partial charge in [0.25, 0.3) is 5.91 Å². The minimum Gasteiger partial charge on any atom is -0.368 e. The molecule has 0 radical (unpaired) electrons. The molecule has 0 aromatic carbocycles. The fourth-order valence-corrected chi connectivity index (χ4v) is 3.04. The van der Waals surface area contributed by atoms with E-state index in [-0.39, 0.29) is 11.9 Å². The molecule has 1 saturated heterocycles. The lowest BCUT2D eigenvalue weighted by Crippen LogP contribution is -2.42. The monoisotopic (exact) mass is 317 g/mol.